The number of hydrogen-bond donors (Lipinski definition) is 1. The van der Waals surface area contributed by atoms with E-state index in [0.29, 0.717) is 5.75 Å². The number of sulfonamides is 1. The summed E-state index contributed by atoms with van der Waals surface area (Å²) in [6, 6.07) is 10.1. The second-order valence-corrected chi connectivity index (χ2v) is 5.52. The highest BCUT2D eigenvalue weighted by Crippen LogP contribution is 2.21. The van der Waals surface area contributed by atoms with Crippen LogP contribution < -0.4 is 14.6 Å². The van der Waals surface area contributed by atoms with E-state index in [1.807, 2.05) is 12.1 Å². The largest absolute Gasteiger partial charge is 0.497 e. The van der Waals surface area contributed by atoms with Crippen LogP contribution in [-0.2, 0) is 16.6 Å². The molecule has 2 rings (SSSR count). The first kappa shape index (κ1) is 14.3. The first-order chi connectivity index (χ1) is 9.50. The number of rotatable bonds is 5. The fourth-order valence-corrected chi connectivity index (χ4v) is 2.24. The number of nitrogens with two attached hydrogens (primary N) is 1. The maximum Gasteiger partial charge on any atom is 0.243 e. The van der Waals surface area contributed by atoms with Crippen LogP contribution in [0.3, 0.4) is 0 Å². The van der Waals surface area contributed by atoms with E-state index in [2.05, 4.69) is 4.98 Å². The van der Waals surface area contributed by atoms with Crippen LogP contribution in [0.1, 0.15) is 5.56 Å². The highest BCUT2D eigenvalue weighted by Gasteiger charge is 2.15. The van der Waals surface area contributed by atoms with Gasteiger partial charge in [0.2, 0.25) is 15.9 Å². The Morgan fingerprint density at radius 2 is 2.05 bits per heavy atom. The summed E-state index contributed by atoms with van der Waals surface area (Å²) in [7, 11) is -2.30. The predicted octanol–water partition coefficient (Wildman–Crippen LogP) is 1.32. The first-order valence-electron chi connectivity index (χ1n) is 5.74. The van der Waals surface area contributed by atoms with E-state index in [4.69, 9.17) is 14.6 Å². The van der Waals surface area contributed by atoms with E-state index in [-0.39, 0.29) is 17.4 Å². The van der Waals surface area contributed by atoms with Crippen molar-refractivity contribution in [1.82, 2.24) is 4.98 Å². The van der Waals surface area contributed by atoms with Crippen LogP contribution in [0.4, 0.5) is 0 Å². The van der Waals surface area contributed by atoms with Crippen LogP contribution in [0.25, 0.3) is 0 Å². The number of hydrogen-bond acceptors (Lipinski definition) is 5. The Balaban J connectivity index is 2.19. The summed E-state index contributed by atoms with van der Waals surface area (Å²) in [6.45, 7) is 0.163. The molecular formula is C13H14N2O4S. The predicted molar refractivity (Wildman–Crippen MR) is 72.9 cm³/mol. The normalized spacial score (nSPS) is 11.1. The zero-order chi connectivity index (χ0) is 14.6. The van der Waals surface area contributed by atoms with Gasteiger partial charge in [0.1, 0.15) is 17.3 Å². The summed E-state index contributed by atoms with van der Waals surface area (Å²) < 4.78 is 33.3. The number of pyridine rings is 1. The molecule has 1 heterocycles. The van der Waals surface area contributed by atoms with Crippen molar-refractivity contribution in [3.8, 4) is 11.6 Å². The minimum Gasteiger partial charge on any atom is -0.497 e. The average Bonchev–Trinajstić information content (AvgIpc) is 2.44. The number of aromatic nitrogens is 1. The van der Waals surface area contributed by atoms with Gasteiger partial charge in [-0.25, -0.2) is 18.5 Å². The van der Waals surface area contributed by atoms with Gasteiger partial charge in [-0.3, -0.25) is 0 Å². The smallest absolute Gasteiger partial charge is 0.243 e. The Morgan fingerprint density at radius 1 is 1.25 bits per heavy atom. The van der Waals surface area contributed by atoms with Crippen molar-refractivity contribution in [3.05, 3.63) is 48.2 Å². The Kier molecular flexibility index (Phi) is 4.21. The maximum atomic E-state index is 11.4. The SMILES string of the molecule is COc1cccc(COc2ncccc2S(N)(=O)=O)c1. The van der Waals surface area contributed by atoms with E-state index >= 15 is 0 Å². The molecule has 0 bridgehead atoms. The van der Waals surface area contributed by atoms with Gasteiger partial charge in [-0.2, -0.15) is 0 Å². The minimum absolute atomic E-state index is 0.0159. The number of benzene rings is 1. The van der Waals surface area contributed by atoms with Crippen LogP contribution >= 0.6 is 0 Å². The van der Waals surface area contributed by atoms with Gasteiger partial charge in [-0.15, -0.1) is 0 Å². The molecule has 1 aromatic heterocycles. The van der Waals surface area contributed by atoms with Gasteiger partial charge in [-0.1, -0.05) is 12.1 Å². The van der Waals surface area contributed by atoms with Gasteiger partial charge in [0, 0.05) is 6.20 Å². The van der Waals surface area contributed by atoms with Crippen molar-refractivity contribution < 1.29 is 17.9 Å². The molecule has 2 aromatic rings. The summed E-state index contributed by atoms with van der Waals surface area (Å²) in [4.78, 5) is 3.75. The zero-order valence-electron chi connectivity index (χ0n) is 10.8. The van der Waals surface area contributed by atoms with Crippen LogP contribution in [-0.4, -0.2) is 20.5 Å². The number of methoxy groups -OCH3 is 1. The van der Waals surface area contributed by atoms with Gasteiger partial charge in [0.15, 0.2) is 0 Å². The van der Waals surface area contributed by atoms with E-state index in [9.17, 15) is 8.42 Å². The zero-order valence-corrected chi connectivity index (χ0v) is 11.6. The van der Waals surface area contributed by atoms with Gasteiger partial charge >= 0.3 is 0 Å². The third-order valence-corrected chi connectivity index (χ3v) is 3.48. The van der Waals surface area contributed by atoms with Crippen molar-refractivity contribution in [2.75, 3.05) is 7.11 Å². The Labute approximate surface area is 117 Å². The summed E-state index contributed by atoms with van der Waals surface area (Å²) in [6.07, 6.45) is 1.44. The Bertz CT molecular complexity index is 701. The highest BCUT2D eigenvalue weighted by atomic mass is 32.2. The van der Waals surface area contributed by atoms with E-state index in [1.54, 1.807) is 19.2 Å². The van der Waals surface area contributed by atoms with Crippen LogP contribution in [0.5, 0.6) is 11.6 Å². The standard InChI is InChI=1S/C13H14N2O4S/c1-18-11-5-2-4-10(8-11)9-19-13-12(20(14,16)17)6-3-7-15-13/h2-8H,9H2,1H3,(H2,14,16,17). The van der Waals surface area contributed by atoms with Crippen molar-refractivity contribution in [1.29, 1.82) is 0 Å². The topological polar surface area (TPSA) is 91.5 Å². The van der Waals surface area contributed by atoms with Crippen LogP contribution in [0.2, 0.25) is 0 Å². The molecule has 0 spiro atoms. The van der Waals surface area contributed by atoms with Crippen LogP contribution in [0, 0.1) is 0 Å². The molecule has 2 N–H and O–H groups in total. The van der Waals surface area contributed by atoms with Gasteiger partial charge < -0.3 is 9.47 Å². The summed E-state index contributed by atoms with van der Waals surface area (Å²) in [5.74, 6) is 0.677. The molecule has 0 saturated heterocycles. The lowest BCUT2D eigenvalue weighted by Crippen LogP contribution is -2.14. The monoisotopic (exact) mass is 294 g/mol. The summed E-state index contributed by atoms with van der Waals surface area (Å²) in [5.41, 5.74) is 0.829. The molecule has 20 heavy (non-hydrogen) atoms. The van der Waals surface area contributed by atoms with Gasteiger partial charge in [0.05, 0.1) is 7.11 Å². The molecule has 106 valence electrons. The Morgan fingerprint density at radius 3 is 2.75 bits per heavy atom. The van der Waals surface area contributed by atoms with Gasteiger partial charge in [0.25, 0.3) is 0 Å². The quantitative estimate of drug-likeness (QED) is 0.898. The van der Waals surface area contributed by atoms with Crippen molar-refractivity contribution in [2.45, 2.75) is 11.5 Å². The van der Waals surface area contributed by atoms with Crippen LogP contribution in [0.15, 0.2) is 47.5 Å². The fraction of sp³-hybridized carbons (Fsp3) is 0.154. The van der Waals surface area contributed by atoms with Crippen molar-refractivity contribution >= 4 is 10.0 Å². The average molecular weight is 294 g/mol. The molecule has 0 saturated carbocycles. The molecule has 0 aliphatic rings. The molecule has 6 nitrogen and oxygen atoms in total. The molecule has 0 unspecified atom stereocenters. The lowest BCUT2D eigenvalue weighted by molar-refractivity contribution is 0.284. The molecule has 0 aliphatic carbocycles. The molecule has 0 aliphatic heterocycles. The van der Waals surface area contributed by atoms with E-state index < -0.39 is 10.0 Å². The Hall–Kier alpha value is -2.12. The molecule has 0 fully saturated rings. The molecule has 0 radical (unpaired) electrons. The number of nitrogens with zero attached hydrogens (tertiary/aromatic N) is 1. The number of ether oxygens (including phenoxy) is 2. The number of primary sulfonamides is 1. The van der Waals surface area contributed by atoms with Crippen molar-refractivity contribution in [3.63, 3.8) is 0 Å². The minimum atomic E-state index is -3.86. The van der Waals surface area contributed by atoms with E-state index in [0.717, 1.165) is 5.56 Å². The summed E-state index contributed by atoms with van der Waals surface area (Å²) >= 11 is 0. The highest BCUT2D eigenvalue weighted by molar-refractivity contribution is 7.89. The molecule has 0 atom stereocenters. The molecule has 7 heteroatoms. The van der Waals surface area contributed by atoms with Crippen molar-refractivity contribution in [2.24, 2.45) is 5.14 Å². The second kappa shape index (κ2) is 5.89. The fourth-order valence-electron chi connectivity index (χ4n) is 1.61. The van der Waals surface area contributed by atoms with Gasteiger partial charge in [-0.05, 0) is 29.8 Å². The maximum absolute atomic E-state index is 11.4. The molecule has 0 amide bonds. The lowest BCUT2D eigenvalue weighted by atomic mass is 10.2. The third-order valence-electron chi connectivity index (χ3n) is 2.55. The lowest BCUT2D eigenvalue weighted by Gasteiger charge is -2.09. The third kappa shape index (κ3) is 3.46. The first-order valence-corrected chi connectivity index (χ1v) is 7.29. The molecular weight excluding hydrogens is 280 g/mol. The molecule has 1 aromatic carbocycles. The van der Waals surface area contributed by atoms with E-state index in [1.165, 1.54) is 18.3 Å². The summed E-state index contributed by atoms with van der Waals surface area (Å²) in [5, 5.41) is 5.10. The second-order valence-electron chi connectivity index (χ2n) is 3.99.